The van der Waals surface area contributed by atoms with Crippen molar-refractivity contribution in [2.45, 2.75) is 51.9 Å². The molecule has 0 saturated heterocycles. The maximum atomic E-state index is 11.2. The van der Waals surface area contributed by atoms with Crippen LogP contribution >= 0.6 is 0 Å². The van der Waals surface area contributed by atoms with Crippen molar-refractivity contribution in [1.82, 2.24) is 5.32 Å². The Morgan fingerprint density at radius 1 is 1.07 bits per heavy atom. The van der Waals surface area contributed by atoms with Gasteiger partial charge in [0.1, 0.15) is 0 Å². The number of rotatable bonds is 9. The average Bonchev–Trinajstić information content (AvgIpc) is 2.19. The van der Waals surface area contributed by atoms with Gasteiger partial charge in [0.25, 0.3) is 0 Å². The molecule has 0 spiro atoms. The van der Waals surface area contributed by atoms with Crippen molar-refractivity contribution in [3.05, 3.63) is 0 Å². The van der Waals surface area contributed by atoms with E-state index in [2.05, 4.69) is 12.2 Å². The number of aliphatic carboxylic acids is 1. The van der Waals surface area contributed by atoms with Crippen molar-refractivity contribution in [1.29, 1.82) is 0 Å². The molecule has 0 heterocycles. The molecule has 88 valence electrons. The lowest BCUT2D eigenvalue weighted by Gasteiger charge is -2.03. The van der Waals surface area contributed by atoms with Crippen LogP contribution in [0.15, 0.2) is 0 Å². The molecular formula is C11H21NO3. The summed E-state index contributed by atoms with van der Waals surface area (Å²) in [4.78, 5) is 21.4. The molecule has 0 aromatic rings. The van der Waals surface area contributed by atoms with E-state index in [0.29, 0.717) is 19.3 Å². The van der Waals surface area contributed by atoms with Crippen LogP contribution < -0.4 is 5.32 Å². The smallest absolute Gasteiger partial charge is 0.303 e. The molecule has 0 aromatic carbocycles. The largest absolute Gasteiger partial charge is 0.481 e. The minimum Gasteiger partial charge on any atom is -0.481 e. The Hall–Kier alpha value is -1.06. The molecule has 0 unspecified atom stereocenters. The van der Waals surface area contributed by atoms with Gasteiger partial charge >= 0.3 is 5.97 Å². The van der Waals surface area contributed by atoms with E-state index in [1.54, 1.807) is 0 Å². The molecular weight excluding hydrogens is 194 g/mol. The topological polar surface area (TPSA) is 66.4 Å². The van der Waals surface area contributed by atoms with E-state index in [1.807, 2.05) is 0 Å². The SMILES string of the molecule is CCCCCNC(=O)CCCCC(=O)O. The van der Waals surface area contributed by atoms with Crippen molar-refractivity contribution in [3.63, 3.8) is 0 Å². The Labute approximate surface area is 91.1 Å². The zero-order valence-corrected chi connectivity index (χ0v) is 9.42. The number of carboxylic acids is 1. The van der Waals surface area contributed by atoms with Gasteiger partial charge in [-0.1, -0.05) is 19.8 Å². The molecule has 1 amide bonds. The van der Waals surface area contributed by atoms with E-state index in [4.69, 9.17) is 5.11 Å². The quantitative estimate of drug-likeness (QED) is 0.578. The monoisotopic (exact) mass is 215 g/mol. The maximum Gasteiger partial charge on any atom is 0.303 e. The molecule has 0 fully saturated rings. The highest BCUT2D eigenvalue weighted by Gasteiger charge is 2.01. The van der Waals surface area contributed by atoms with Gasteiger partial charge in [-0.25, -0.2) is 0 Å². The maximum absolute atomic E-state index is 11.2. The Morgan fingerprint density at radius 2 is 1.73 bits per heavy atom. The molecule has 0 rings (SSSR count). The molecule has 15 heavy (non-hydrogen) atoms. The van der Waals surface area contributed by atoms with Crippen LogP contribution in [0.5, 0.6) is 0 Å². The summed E-state index contributed by atoms with van der Waals surface area (Å²) >= 11 is 0. The van der Waals surface area contributed by atoms with E-state index >= 15 is 0 Å². The van der Waals surface area contributed by atoms with Crippen molar-refractivity contribution in [3.8, 4) is 0 Å². The van der Waals surface area contributed by atoms with Crippen molar-refractivity contribution in [2.24, 2.45) is 0 Å². The van der Waals surface area contributed by atoms with Gasteiger partial charge in [0.05, 0.1) is 0 Å². The van der Waals surface area contributed by atoms with Gasteiger partial charge in [0.15, 0.2) is 0 Å². The van der Waals surface area contributed by atoms with Crippen LogP contribution in [0.2, 0.25) is 0 Å². The van der Waals surface area contributed by atoms with Gasteiger partial charge in [0, 0.05) is 19.4 Å². The number of nitrogens with one attached hydrogen (secondary N) is 1. The summed E-state index contributed by atoms with van der Waals surface area (Å²) in [6.07, 6.45) is 5.15. The predicted octanol–water partition coefficient (Wildman–Crippen LogP) is 1.94. The van der Waals surface area contributed by atoms with Crippen LogP contribution in [0.1, 0.15) is 51.9 Å². The zero-order valence-electron chi connectivity index (χ0n) is 9.42. The van der Waals surface area contributed by atoms with Crippen LogP contribution in [0.25, 0.3) is 0 Å². The molecule has 0 radical (unpaired) electrons. The molecule has 4 heteroatoms. The molecule has 4 nitrogen and oxygen atoms in total. The summed E-state index contributed by atoms with van der Waals surface area (Å²) in [5, 5.41) is 11.2. The summed E-state index contributed by atoms with van der Waals surface area (Å²) in [5.74, 6) is -0.755. The van der Waals surface area contributed by atoms with E-state index in [-0.39, 0.29) is 12.3 Å². The van der Waals surface area contributed by atoms with Gasteiger partial charge in [-0.05, 0) is 19.3 Å². The highest BCUT2D eigenvalue weighted by molar-refractivity contribution is 5.75. The summed E-state index contributed by atoms with van der Waals surface area (Å²) < 4.78 is 0. The fraction of sp³-hybridized carbons (Fsp3) is 0.818. The van der Waals surface area contributed by atoms with Crippen LogP contribution in [0.3, 0.4) is 0 Å². The van der Waals surface area contributed by atoms with Crippen LogP contribution in [0.4, 0.5) is 0 Å². The molecule has 0 aliphatic heterocycles. The summed E-state index contributed by atoms with van der Waals surface area (Å²) in [6, 6.07) is 0. The normalized spacial score (nSPS) is 9.93. The number of hydrogen-bond donors (Lipinski definition) is 2. The number of amides is 1. The van der Waals surface area contributed by atoms with Crippen molar-refractivity contribution < 1.29 is 14.7 Å². The first-order valence-electron chi connectivity index (χ1n) is 5.65. The lowest BCUT2D eigenvalue weighted by molar-refractivity contribution is -0.137. The summed E-state index contributed by atoms with van der Waals surface area (Å²) in [5.41, 5.74) is 0. The number of carbonyl (C=O) groups excluding carboxylic acids is 1. The zero-order chi connectivity index (χ0) is 11.5. The molecule has 0 aliphatic rings. The van der Waals surface area contributed by atoms with Gasteiger partial charge in [-0.2, -0.15) is 0 Å². The van der Waals surface area contributed by atoms with Gasteiger partial charge in [0.2, 0.25) is 5.91 Å². The third-order valence-corrected chi connectivity index (χ3v) is 2.15. The van der Waals surface area contributed by atoms with Gasteiger partial charge < -0.3 is 10.4 Å². The first-order valence-corrected chi connectivity index (χ1v) is 5.65. The minimum absolute atomic E-state index is 0.0384. The number of unbranched alkanes of at least 4 members (excludes halogenated alkanes) is 3. The third kappa shape index (κ3) is 10.9. The standard InChI is InChI=1S/C11H21NO3/c1-2-3-6-9-12-10(13)7-4-5-8-11(14)15/h2-9H2,1H3,(H,12,13)(H,14,15). The van der Waals surface area contributed by atoms with E-state index in [1.165, 1.54) is 0 Å². The van der Waals surface area contributed by atoms with Gasteiger partial charge in [-0.15, -0.1) is 0 Å². The Kier molecular flexibility index (Phi) is 8.82. The van der Waals surface area contributed by atoms with E-state index in [9.17, 15) is 9.59 Å². The second-order valence-electron chi connectivity index (χ2n) is 3.66. The minimum atomic E-state index is -0.793. The average molecular weight is 215 g/mol. The summed E-state index contributed by atoms with van der Waals surface area (Å²) in [7, 11) is 0. The molecule has 0 aliphatic carbocycles. The molecule has 0 atom stereocenters. The number of carbonyl (C=O) groups is 2. The second-order valence-corrected chi connectivity index (χ2v) is 3.66. The predicted molar refractivity (Wildman–Crippen MR) is 58.6 cm³/mol. The van der Waals surface area contributed by atoms with Crippen LogP contribution in [-0.4, -0.2) is 23.5 Å². The summed E-state index contributed by atoms with van der Waals surface area (Å²) in [6.45, 7) is 2.86. The Balaban J connectivity index is 3.22. The lowest BCUT2D eigenvalue weighted by atomic mass is 10.2. The van der Waals surface area contributed by atoms with E-state index in [0.717, 1.165) is 25.8 Å². The Bertz CT molecular complexity index is 192. The second kappa shape index (κ2) is 9.49. The Morgan fingerprint density at radius 3 is 2.33 bits per heavy atom. The fourth-order valence-corrected chi connectivity index (χ4v) is 1.25. The molecule has 0 aromatic heterocycles. The molecule has 2 N–H and O–H groups in total. The van der Waals surface area contributed by atoms with Crippen LogP contribution in [-0.2, 0) is 9.59 Å². The first kappa shape index (κ1) is 13.9. The highest BCUT2D eigenvalue weighted by atomic mass is 16.4. The lowest BCUT2D eigenvalue weighted by Crippen LogP contribution is -2.23. The van der Waals surface area contributed by atoms with E-state index < -0.39 is 5.97 Å². The van der Waals surface area contributed by atoms with Crippen molar-refractivity contribution >= 4 is 11.9 Å². The first-order chi connectivity index (χ1) is 7.16. The van der Waals surface area contributed by atoms with Crippen molar-refractivity contribution in [2.75, 3.05) is 6.54 Å². The number of hydrogen-bond acceptors (Lipinski definition) is 2. The third-order valence-electron chi connectivity index (χ3n) is 2.15. The molecule has 0 bridgehead atoms. The van der Waals surface area contributed by atoms with Gasteiger partial charge in [-0.3, -0.25) is 9.59 Å². The molecule has 0 saturated carbocycles. The fourth-order valence-electron chi connectivity index (χ4n) is 1.25. The van der Waals surface area contributed by atoms with Crippen LogP contribution in [0, 0.1) is 0 Å². The highest BCUT2D eigenvalue weighted by Crippen LogP contribution is 1.99. The number of carboxylic acid groups (broad SMARTS) is 1.